The maximum absolute atomic E-state index is 12.3. The van der Waals surface area contributed by atoms with Gasteiger partial charge in [-0.15, -0.1) is 0 Å². The first kappa shape index (κ1) is 21.9. The first-order chi connectivity index (χ1) is 12.3. The van der Waals surface area contributed by atoms with Crippen molar-refractivity contribution in [3.8, 4) is 11.5 Å². The van der Waals surface area contributed by atoms with Crippen molar-refractivity contribution in [1.29, 1.82) is 0 Å². The van der Waals surface area contributed by atoms with Gasteiger partial charge in [-0.25, -0.2) is 0 Å². The van der Waals surface area contributed by atoms with Crippen LogP contribution >= 0.6 is 0 Å². The summed E-state index contributed by atoms with van der Waals surface area (Å²) in [5.74, 6) is 1.57. The zero-order valence-electron chi connectivity index (χ0n) is 15.7. The van der Waals surface area contributed by atoms with E-state index >= 15 is 0 Å². The number of halogens is 3. The van der Waals surface area contributed by atoms with Crippen molar-refractivity contribution in [3.05, 3.63) is 23.8 Å². The molecule has 0 aliphatic heterocycles. The number of aliphatic imine (C=N–C) groups is 1. The van der Waals surface area contributed by atoms with Crippen LogP contribution in [0.1, 0.15) is 32.3 Å². The van der Waals surface area contributed by atoms with E-state index in [1.807, 2.05) is 0 Å². The van der Waals surface area contributed by atoms with Gasteiger partial charge in [-0.3, -0.25) is 4.99 Å². The van der Waals surface area contributed by atoms with Crippen molar-refractivity contribution in [3.63, 3.8) is 0 Å². The third kappa shape index (κ3) is 7.84. The molecule has 0 atom stereocenters. The van der Waals surface area contributed by atoms with Crippen molar-refractivity contribution in [2.24, 2.45) is 10.9 Å². The molecule has 0 fully saturated rings. The molecule has 0 aliphatic rings. The number of hydrogen-bond donors (Lipinski definition) is 2. The number of alkyl halides is 3. The molecule has 0 saturated carbocycles. The summed E-state index contributed by atoms with van der Waals surface area (Å²) in [7, 11) is 3.08. The van der Waals surface area contributed by atoms with Crippen LogP contribution in [-0.2, 0) is 6.54 Å². The zero-order chi connectivity index (χ0) is 19.6. The molecule has 0 saturated heterocycles. The molecule has 0 spiro atoms. The van der Waals surface area contributed by atoms with Gasteiger partial charge in [-0.1, -0.05) is 32.8 Å². The fraction of sp³-hybridized carbons (Fsp3) is 0.611. The van der Waals surface area contributed by atoms with Crippen molar-refractivity contribution < 1.29 is 22.6 Å². The number of nitrogens with zero attached hydrogens (tertiary/aromatic N) is 1. The van der Waals surface area contributed by atoms with Gasteiger partial charge in [0.2, 0.25) is 0 Å². The van der Waals surface area contributed by atoms with E-state index in [0.717, 1.165) is 24.9 Å². The van der Waals surface area contributed by atoms with E-state index in [-0.39, 0.29) is 11.5 Å². The van der Waals surface area contributed by atoms with E-state index in [1.165, 1.54) is 13.2 Å². The minimum atomic E-state index is -4.39. The molecule has 1 rings (SSSR count). The quantitative estimate of drug-likeness (QED) is 0.510. The second-order valence-electron chi connectivity index (χ2n) is 5.88. The maximum Gasteiger partial charge on any atom is 0.422 e. The average molecular weight is 375 g/mol. The number of rotatable bonds is 9. The van der Waals surface area contributed by atoms with Crippen LogP contribution in [0, 0.1) is 5.92 Å². The number of guanidine groups is 1. The van der Waals surface area contributed by atoms with Gasteiger partial charge >= 0.3 is 6.18 Å². The van der Waals surface area contributed by atoms with Gasteiger partial charge in [0, 0.05) is 20.1 Å². The van der Waals surface area contributed by atoms with Crippen LogP contribution in [-0.4, -0.2) is 39.4 Å². The summed E-state index contributed by atoms with van der Waals surface area (Å²) in [5.41, 5.74) is 0.840. The van der Waals surface area contributed by atoms with Crippen LogP contribution in [0.15, 0.2) is 23.2 Å². The molecule has 0 radical (unpaired) electrons. The van der Waals surface area contributed by atoms with Crippen molar-refractivity contribution >= 4 is 5.96 Å². The van der Waals surface area contributed by atoms with Gasteiger partial charge in [-0.05, 0) is 23.6 Å². The molecule has 0 heterocycles. The largest absolute Gasteiger partial charge is 0.493 e. The monoisotopic (exact) mass is 375 g/mol. The second kappa shape index (κ2) is 10.8. The summed E-state index contributed by atoms with van der Waals surface area (Å²) < 4.78 is 46.8. The number of benzene rings is 1. The molecule has 1 aromatic rings. The van der Waals surface area contributed by atoms with E-state index in [0.29, 0.717) is 18.4 Å². The molecule has 0 aliphatic carbocycles. The Bertz CT molecular complexity index is 573. The Labute approximate surface area is 153 Å². The van der Waals surface area contributed by atoms with Crippen LogP contribution in [0.5, 0.6) is 11.5 Å². The van der Waals surface area contributed by atoms with Gasteiger partial charge in [0.1, 0.15) is 0 Å². The molecule has 0 amide bonds. The Morgan fingerprint density at radius 3 is 2.38 bits per heavy atom. The molecule has 0 unspecified atom stereocenters. The van der Waals surface area contributed by atoms with Gasteiger partial charge in [0.25, 0.3) is 0 Å². The molecular formula is C18H28F3N3O2. The lowest BCUT2D eigenvalue weighted by molar-refractivity contribution is -0.153. The van der Waals surface area contributed by atoms with Crippen molar-refractivity contribution in [2.75, 3.05) is 27.3 Å². The third-order valence-corrected chi connectivity index (χ3v) is 4.02. The summed E-state index contributed by atoms with van der Waals surface area (Å²) in [4.78, 5) is 4.17. The van der Waals surface area contributed by atoms with E-state index in [4.69, 9.17) is 9.47 Å². The Morgan fingerprint density at radius 1 is 1.15 bits per heavy atom. The minimum absolute atomic E-state index is 0.0600. The number of hydrogen-bond acceptors (Lipinski definition) is 3. The standard InChI is InChI=1S/C18H28F3N3O2/c1-5-13(6-2)10-23-17(22-3)24-11-14-7-8-15(16(9-14)25-4)26-12-18(19,20)21/h7-9,13H,5-6,10-12H2,1-4H3,(H2,22,23,24). The predicted octanol–water partition coefficient (Wildman–Crippen LogP) is 3.74. The highest BCUT2D eigenvalue weighted by molar-refractivity contribution is 5.79. The molecule has 26 heavy (non-hydrogen) atoms. The highest BCUT2D eigenvalue weighted by Gasteiger charge is 2.29. The fourth-order valence-electron chi connectivity index (χ4n) is 2.33. The lowest BCUT2D eigenvalue weighted by Gasteiger charge is -2.17. The summed E-state index contributed by atoms with van der Waals surface area (Å²) in [6.45, 7) is 4.24. The SMILES string of the molecule is CCC(CC)CNC(=NC)NCc1ccc(OCC(F)(F)F)c(OC)c1. The lowest BCUT2D eigenvalue weighted by atomic mass is 10.0. The Morgan fingerprint density at radius 2 is 1.85 bits per heavy atom. The molecule has 0 aromatic heterocycles. The third-order valence-electron chi connectivity index (χ3n) is 4.02. The summed E-state index contributed by atoms with van der Waals surface area (Å²) >= 11 is 0. The van der Waals surface area contributed by atoms with E-state index < -0.39 is 12.8 Å². The van der Waals surface area contributed by atoms with Gasteiger partial charge < -0.3 is 20.1 Å². The number of methoxy groups -OCH3 is 1. The summed E-state index contributed by atoms with van der Waals surface area (Å²) in [6.07, 6.45) is -2.20. The zero-order valence-corrected chi connectivity index (χ0v) is 15.7. The van der Waals surface area contributed by atoms with E-state index in [1.54, 1.807) is 19.2 Å². The van der Waals surface area contributed by atoms with Crippen LogP contribution in [0.2, 0.25) is 0 Å². The smallest absolute Gasteiger partial charge is 0.422 e. The van der Waals surface area contributed by atoms with E-state index in [2.05, 4.69) is 29.5 Å². The fourth-order valence-corrected chi connectivity index (χ4v) is 2.33. The molecule has 1 aromatic carbocycles. The Balaban J connectivity index is 2.63. The lowest BCUT2D eigenvalue weighted by Crippen LogP contribution is -2.39. The summed E-state index contributed by atoms with van der Waals surface area (Å²) in [5, 5.41) is 6.46. The van der Waals surface area contributed by atoms with Crippen LogP contribution in [0.25, 0.3) is 0 Å². The van der Waals surface area contributed by atoms with Gasteiger partial charge in [-0.2, -0.15) is 13.2 Å². The Kier molecular flexibility index (Phi) is 9.09. The van der Waals surface area contributed by atoms with E-state index in [9.17, 15) is 13.2 Å². The maximum atomic E-state index is 12.3. The topological polar surface area (TPSA) is 54.9 Å². The van der Waals surface area contributed by atoms with Crippen LogP contribution in [0.3, 0.4) is 0 Å². The van der Waals surface area contributed by atoms with Gasteiger partial charge in [0.05, 0.1) is 7.11 Å². The van der Waals surface area contributed by atoms with Crippen LogP contribution < -0.4 is 20.1 Å². The average Bonchev–Trinajstić information content (AvgIpc) is 2.62. The number of nitrogens with one attached hydrogen (secondary N) is 2. The van der Waals surface area contributed by atoms with Crippen molar-refractivity contribution in [1.82, 2.24) is 10.6 Å². The first-order valence-electron chi connectivity index (χ1n) is 8.63. The summed E-state index contributed by atoms with van der Waals surface area (Å²) in [6, 6.07) is 4.81. The van der Waals surface area contributed by atoms with Crippen LogP contribution in [0.4, 0.5) is 13.2 Å². The number of ether oxygens (including phenoxy) is 2. The molecule has 148 valence electrons. The highest BCUT2D eigenvalue weighted by Crippen LogP contribution is 2.29. The minimum Gasteiger partial charge on any atom is -0.493 e. The molecule has 5 nitrogen and oxygen atoms in total. The Hall–Kier alpha value is -2.12. The molecule has 0 bridgehead atoms. The predicted molar refractivity (Wildman–Crippen MR) is 96.8 cm³/mol. The normalized spacial score (nSPS) is 12.2. The highest BCUT2D eigenvalue weighted by atomic mass is 19.4. The first-order valence-corrected chi connectivity index (χ1v) is 8.63. The van der Waals surface area contributed by atoms with Gasteiger partial charge in [0.15, 0.2) is 24.1 Å². The molecular weight excluding hydrogens is 347 g/mol. The molecule has 8 heteroatoms. The van der Waals surface area contributed by atoms with Crippen molar-refractivity contribution in [2.45, 2.75) is 39.4 Å². The second-order valence-corrected chi connectivity index (χ2v) is 5.88. The molecule has 2 N–H and O–H groups in total.